The summed E-state index contributed by atoms with van der Waals surface area (Å²) in [5.41, 5.74) is 8.54. The summed E-state index contributed by atoms with van der Waals surface area (Å²) in [4.78, 5) is 24.4. The van der Waals surface area contributed by atoms with Gasteiger partial charge in [-0.15, -0.1) is 0 Å². The van der Waals surface area contributed by atoms with E-state index in [1.807, 2.05) is 42.5 Å². The van der Waals surface area contributed by atoms with Crippen LogP contribution in [0.4, 0.5) is 5.69 Å². The zero-order valence-electron chi connectivity index (χ0n) is 15.7. The molecule has 1 unspecified atom stereocenters. The van der Waals surface area contributed by atoms with Gasteiger partial charge in [-0.3, -0.25) is 9.59 Å². The topological polar surface area (TPSA) is 104 Å². The van der Waals surface area contributed by atoms with Crippen molar-refractivity contribution in [3.05, 3.63) is 59.0 Å². The Morgan fingerprint density at radius 1 is 1.24 bits per heavy atom. The number of nitrogens with one attached hydrogen (secondary N) is 1. The molecule has 1 atom stereocenters. The van der Waals surface area contributed by atoms with Gasteiger partial charge in [-0.2, -0.15) is 4.37 Å². The highest BCUT2D eigenvalue weighted by Crippen LogP contribution is 2.45. The third-order valence-electron chi connectivity index (χ3n) is 4.70. The number of fused-ring (bicyclic) bond motifs is 1. The second kappa shape index (κ2) is 7.92. The van der Waals surface area contributed by atoms with E-state index in [4.69, 9.17) is 15.2 Å². The van der Waals surface area contributed by atoms with Gasteiger partial charge in [0.15, 0.2) is 18.1 Å². The van der Waals surface area contributed by atoms with Crippen molar-refractivity contribution in [1.29, 1.82) is 0 Å². The molecule has 0 saturated carbocycles. The molecule has 2 aromatic carbocycles. The number of amides is 2. The van der Waals surface area contributed by atoms with Crippen LogP contribution in [0.2, 0.25) is 0 Å². The largest absolute Gasteiger partial charge is 0.493 e. The van der Waals surface area contributed by atoms with Crippen LogP contribution in [0.15, 0.2) is 48.5 Å². The van der Waals surface area contributed by atoms with E-state index < -0.39 is 5.91 Å². The second-order valence-electron chi connectivity index (χ2n) is 6.61. The molecule has 0 radical (unpaired) electrons. The van der Waals surface area contributed by atoms with Gasteiger partial charge >= 0.3 is 0 Å². The molecule has 2 heterocycles. The molecule has 3 aromatic rings. The molecule has 29 heavy (non-hydrogen) atoms. The Bertz CT molecular complexity index is 1070. The number of anilines is 1. The van der Waals surface area contributed by atoms with E-state index in [0.717, 1.165) is 27.4 Å². The van der Waals surface area contributed by atoms with Crippen LogP contribution < -0.4 is 20.5 Å². The first-order valence-corrected chi connectivity index (χ1v) is 9.78. The number of benzene rings is 2. The van der Waals surface area contributed by atoms with Crippen molar-refractivity contribution >= 4 is 29.0 Å². The fourth-order valence-corrected chi connectivity index (χ4v) is 4.33. The molecule has 3 N–H and O–H groups in total. The fraction of sp³-hybridized carbons (Fsp3) is 0.190. The smallest absolute Gasteiger partial charge is 0.255 e. The highest BCUT2D eigenvalue weighted by molar-refractivity contribution is 7.07. The fourth-order valence-electron chi connectivity index (χ4n) is 3.36. The van der Waals surface area contributed by atoms with Crippen LogP contribution in [0.5, 0.6) is 11.5 Å². The lowest BCUT2D eigenvalue weighted by Gasteiger charge is -2.23. The predicted molar refractivity (Wildman–Crippen MR) is 110 cm³/mol. The number of carbonyl (C=O) groups is 2. The summed E-state index contributed by atoms with van der Waals surface area (Å²) in [7, 11) is 1.52. The van der Waals surface area contributed by atoms with Crippen LogP contribution in [0, 0.1) is 0 Å². The summed E-state index contributed by atoms with van der Waals surface area (Å²) in [6.45, 7) is -0.235. The Kier molecular flexibility index (Phi) is 5.18. The summed E-state index contributed by atoms with van der Waals surface area (Å²) >= 11 is 1.39. The van der Waals surface area contributed by atoms with Crippen molar-refractivity contribution in [2.75, 3.05) is 19.0 Å². The number of hydrogen-bond donors (Lipinski definition) is 2. The highest BCUT2D eigenvalue weighted by atomic mass is 32.1. The molecule has 0 spiro atoms. The van der Waals surface area contributed by atoms with Crippen molar-refractivity contribution in [2.24, 2.45) is 5.73 Å². The summed E-state index contributed by atoms with van der Waals surface area (Å²) in [5.74, 6) is 0.123. The standard InChI is InChI=1S/C21H19N3O4S/c1-27-16-9-13(7-8-15(16)28-11-17(22)25)14-10-18(26)23-20-19(24-29-21(14)20)12-5-3-2-4-6-12/h2-9,14H,10-11H2,1H3,(H2,22,25)(H,23,26). The Morgan fingerprint density at radius 3 is 2.76 bits per heavy atom. The molecule has 0 fully saturated rings. The average molecular weight is 409 g/mol. The summed E-state index contributed by atoms with van der Waals surface area (Å²) in [6, 6.07) is 15.2. The number of nitrogens with zero attached hydrogens (tertiary/aromatic N) is 1. The summed E-state index contributed by atoms with van der Waals surface area (Å²) < 4.78 is 15.4. The molecule has 0 bridgehead atoms. The first-order chi connectivity index (χ1) is 14.1. The van der Waals surface area contributed by atoms with Crippen LogP contribution in [0.1, 0.15) is 22.8 Å². The Hall–Kier alpha value is -3.39. The molecule has 1 aromatic heterocycles. The normalized spacial score (nSPS) is 15.3. The van der Waals surface area contributed by atoms with E-state index >= 15 is 0 Å². The molecule has 1 aliphatic rings. The van der Waals surface area contributed by atoms with E-state index in [2.05, 4.69) is 9.69 Å². The molecule has 8 heteroatoms. The maximum Gasteiger partial charge on any atom is 0.255 e. The second-order valence-corrected chi connectivity index (χ2v) is 7.41. The minimum absolute atomic E-state index is 0.0621. The van der Waals surface area contributed by atoms with E-state index in [1.54, 1.807) is 6.07 Å². The first-order valence-electron chi connectivity index (χ1n) is 9.00. The molecule has 4 rings (SSSR count). The van der Waals surface area contributed by atoms with Gasteiger partial charge in [0.1, 0.15) is 5.69 Å². The van der Waals surface area contributed by atoms with Crippen molar-refractivity contribution < 1.29 is 19.1 Å². The zero-order valence-corrected chi connectivity index (χ0v) is 16.5. The molecule has 2 amide bonds. The van der Waals surface area contributed by atoms with Crippen LogP contribution in [0.3, 0.4) is 0 Å². The van der Waals surface area contributed by atoms with Crippen molar-refractivity contribution in [3.8, 4) is 22.8 Å². The monoisotopic (exact) mass is 409 g/mol. The highest BCUT2D eigenvalue weighted by Gasteiger charge is 2.32. The number of aromatic nitrogens is 1. The van der Waals surface area contributed by atoms with E-state index in [-0.39, 0.29) is 18.4 Å². The van der Waals surface area contributed by atoms with Gasteiger partial charge in [0.25, 0.3) is 5.91 Å². The van der Waals surface area contributed by atoms with E-state index in [0.29, 0.717) is 17.9 Å². The molecule has 0 saturated heterocycles. The van der Waals surface area contributed by atoms with Gasteiger partial charge in [0.2, 0.25) is 5.91 Å². The van der Waals surface area contributed by atoms with Gasteiger partial charge in [-0.1, -0.05) is 36.4 Å². The minimum atomic E-state index is -0.567. The van der Waals surface area contributed by atoms with Crippen LogP contribution in [-0.4, -0.2) is 29.9 Å². The van der Waals surface area contributed by atoms with Crippen molar-refractivity contribution in [1.82, 2.24) is 4.37 Å². The molecular formula is C21H19N3O4S. The quantitative estimate of drug-likeness (QED) is 0.651. The minimum Gasteiger partial charge on any atom is -0.493 e. The maximum absolute atomic E-state index is 12.4. The number of carbonyl (C=O) groups excluding carboxylic acids is 2. The van der Waals surface area contributed by atoms with Gasteiger partial charge < -0.3 is 20.5 Å². The summed E-state index contributed by atoms with van der Waals surface area (Å²) in [6.07, 6.45) is 0.314. The Labute approximate surface area is 171 Å². The predicted octanol–water partition coefficient (Wildman–Crippen LogP) is 3.16. The lowest BCUT2D eigenvalue weighted by atomic mass is 9.89. The number of hydrogen-bond acceptors (Lipinski definition) is 6. The number of primary amides is 1. The Balaban J connectivity index is 1.71. The molecule has 7 nitrogen and oxygen atoms in total. The van der Waals surface area contributed by atoms with Gasteiger partial charge in [-0.05, 0) is 29.2 Å². The third-order valence-corrected chi connectivity index (χ3v) is 5.66. The van der Waals surface area contributed by atoms with Gasteiger partial charge in [0.05, 0.1) is 17.7 Å². The van der Waals surface area contributed by atoms with E-state index in [1.165, 1.54) is 18.6 Å². The lowest BCUT2D eigenvalue weighted by Crippen LogP contribution is -2.22. The third kappa shape index (κ3) is 3.79. The first kappa shape index (κ1) is 18.9. The summed E-state index contributed by atoms with van der Waals surface area (Å²) in [5, 5.41) is 2.98. The number of nitrogens with two attached hydrogens (primary N) is 1. The van der Waals surface area contributed by atoms with Crippen molar-refractivity contribution in [2.45, 2.75) is 12.3 Å². The molecule has 1 aliphatic heterocycles. The van der Waals surface area contributed by atoms with Gasteiger partial charge in [-0.25, -0.2) is 0 Å². The molecule has 0 aliphatic carbocycles. The molecule has 148 valence electrons. The lowest BCUT2D eigenvalue weighted by molar-refractivity contribution is -0.120. The maximum atomic E-state index is 12.4. The van der Waals surface area contributed by atoms with Gasteiger partial charge in [0, 0.05) is 17.9 Å². The Morgan fingerprint density at radius 2 is 2.03 bits per heavy atom. The molecular weight excluding hydrogens is 390 g/mol. The number of methoxy groups -OCH3 is 1. The van der Waals surface area contributed by atoms with E-state index in [9.17, 15) is 9.59 Å². The number of ether oxygens (including phenoxy) is 2. The van der Waals surface area contributed by atoms with Crippen LogP contribution >= 0.6 is 11.5 Å². The van der Waals surface area contributed by atoms with Crippen LogP contribution in [-0.2, 0) is 9.59 Å². The SMILES string of the molecule is COc1cc(C2CC(=O)Nc3c(-c4ccccc4)nsc32)ccc1OCC(N)=O. The average Bonchev–Trinajstić information content (AvgIpc) is 3.15. The van der Waals surface area contributed by atoms with Crippen LogP contribution in [0.25, 0.3) is 11.3 Å². The number of rotatable bonds is 6. The zero-order chi connectivity index (χ0) is 20.4. The van der Waals surface area contributed by atoms with Crippen molar-refractivity contribution in [3.63, 3.8) is 0 Å².